The molecule has 1 atom stereocenters. The molecule has 10 heteroatoms. The van der Waals surface area contributed by atoms with Crippen LogP contribution in [0.3, 0.4) is 0 Å². The van der Waals surface area contributed by atoms with Crippen molar-refractivity contribution in [2.24, 2.45) is 21.8 Å². The zero-order chi connectivity index (χ0) is 22.1. The molecule has 2 heterocycles. The number of imide groups is 1. The second-order valence-corrected chi connectivity index (χ2v) is 8.51. The van der Waals surface area contributed by atoms with Crippen LogP contribution in [0.5, 0.6) is 5.75 Å². The van der Waals surface area contributed by atoms with Gasteiger partial charge in [0.05, 0.1) is 26.5 Å². The van der Waals surface area contributed by atoms with Crippen LogP contribution in [0, 0.1) is 11.8 Å². The maximum atomic E-state index is 12.8. The van der Waals surface area contributed by atoms with Crippen molar-refractivity contribution in [3.63, 3.8) is 0 Å². The quantitative estimate of drug-likeness (QED) is 0.681. The van der Waals surface area contributed by atoms with E-state index in [1.165, 1.54) is 23.4 Å². The third-order valence-corrected chi connectivity index (χ3v) is 6.23. The van der Waals surface area contributed by atoms with Crippen LogP contribution in [0.15, 0.2) is 34.3 Å². The van der Waals surface area contributed by atoms with Gasteiger partial charge < -0.3 is 10.1 Å². The summed E-state index contributed by atoms with van der Waals surface area (Å²) in [7, 11) is 3.05. The Morgan fingerprint density at radius 1 is 1.26 bits per heavy atom. The van der Waals surface area contributed by atoms with E-state index >= 15 is 0 Å². The van der Waals surface area contributed by atoms with Crippen molar-refractivity contribution < 1.29 is 23.7 Å². The molecule has 0 saturated heterocycles. The molecular formula is C21H24N5O4S+. The number of hydrogen-bond acceptors (Lipinski definition) is 7. The number of benzene rings is 1. The SMILES string of the molecule is CCOc1ccc(NC(=O)CSC2=NC(C3CC3)=NC3=[N+](C)C(=O)N(C)C(=O)C23)cc1. The first-order valence-electron chi connectivity index (χ1n) is 10.1. The number of amidine groups is 2. The molecular weight excluding hydrogens is 418 g/mol. The fourth-order valence-electron chi connectivity index (χ4n) is 3.37. The predicted octanol–water partition coefficient (Wildman–Crippen LogP) is 2.23. The number of thioether (sulfide) groups is 1. The average Bonchev–Trinajstić information content (AvgIpc) is 3.61. The third kappa shape index (κ3) is 4.39. The predicted molar refractivity (Wildman–Crippen MR) is 119 cm³/mol. The Balaban J connectivity index is 1.48. The van der Waals surface area contributed by atoms with Crippen LogP contribution in [0.2, 0.25) is 0 Å². The van der Waals surface area contributed by atoms with Gasteiger partial charge in [0, 0.05) is 11.6 Å². The summed E-state index contributed by atoms with van der Waals surface area (Å²) in [6, 6.07) is 6.71. The Labute approximate surface area is 184 Å². The van der Waals surface area contributed by atoms with E-state index in [2.05, 4.69) is 15.3 Å². The molecule has 0 spiro atoms. The number of carbonyl (C=O) groups is 3. The molecule has 1 aromatic rings. The van der Waals surface area contributed by atoms with Crippen LogP contribution >= 0.6 is 11.8 Å². The lowest BCUT2D eigenvalue weighted by Gasteiger charge is -2.26. The number of nitrogens with one attached hydrogen (secondary N) is 1. The fourth-order valence-corrected chi connectivity index (χ4v) is 4.25. The van der Waals surface area contributed by atoms with Crippen LogP contribution < -0.4 is 10.1 Å². The molecule has 0 aromatic heterocycles. The van der Waals surface area contributed by atoms with E-state index in [-0.39, 0.29) is 23.5 Å². The standard InChI is InChI=1S/C21H23N5O4S/c1-4-30-14-9-7-13(8-10-14)22-15(27)11-31-19-16-18(23-17(24-19)12-5-6-12)25(2)21(29)26(3)20(16)28/h7-10,12,16H,4-6,11H2,1-3H3/p+1. The number of fused-ring (bicyclic) bond motifs is 1. The van der Waals surface area contributed by atoms with Gasteiger partial charge in [-0.05, 0) is 44.0 Å². The Morgan fingerprint density at radius 3 is 2.61 bits per heavy atom. The van der Waals surface area contributed by atoms with Crippen LogP contribution in [0.4, 0.5) is 10.5 Å². The van der Waals surface area contributed by atoms with Gasteiger partial charge in [0.1, 0.15) is 10.8 Å². The highest BCUT2D eigenvalue weighted by molar-refractivity contribution is 8.14. The molecule has 1 unspecified atom stereocenters. The molecule has 162 valence electrons. The first-order chi connectivity index (χ1) is 14.9. The summed E-state index contributed by atoms with van der Waals surface area (Å²) < 4.78 is 6.79. The van der Waals surface area contributed by atoms with Gasteiger partial charge in [-0.1, -0.05) is 16.8 Å². The first-order valence-corrected chi connectivity index (χ1v) is 11.1. The normalized spacial score (nSPS) is 20.9. The number of aliphatic imine (C=N–C) groups is 2. The Hall–Kier alpha value is -3.01. The highest BCUT2D eigenvalue weighted by Crippen LogP contribution is 2.35. The van der Waals surface area contributed by atoms with E-state index < -0.39 is 11.9 Å². The molecule has 3 aliphatic rings. The average molecular weight is 443 g/mol. The minimum atomic E-state index is -0.765. The number of amides is 4. The molecule has 1 aromatic carbocycles. The maximum Gasteiger partial charge on any atom is 0.445 e. The van der Waals surface area contributed by atoms with E-state index in [9.17, 15) is 14.4 Å². The molecule has 0 bridgehead atoms. The Kier molecular flexibility index (Phi) is 5.90. The molecule has 1 fully saturated rings. The highest BCUT2D eigenvalue weighted by atomic mass is 32.2. The van der Waals surface area contributed by atoms with Crippen molar-refractivity contribution in [1.29, 1.82) is 0 Å². The molecule has 9 nitrogen and oxygen atoms in total. The second-order valence-electron chi connectivity index (χ2n) is 7.52. The highest BCUT2D eigenvalue weighted by Gasteiger charge is 2.50. The van der Waals surface area contributed by atoms with Crippen LogP contribution in [0.25, 0.3) is 0 Å². The maximum absolute atomic E-state index is 12.8. The number of ether oxygens (including phenoxy) is 1. The molecule has 4 rings (SSSR count). The summed E-state index contributed by atoms with van der Waals surface area (Å²) in [5.74, 6) is 0.739. The molecule has 4 amide bonds. The lowest BCUT2D eigenvalue weighted by Crippen LogP contribution is -2.54. The van der Waals surface area contributed by atoms with E-state index in [0.717, 1.165) is 23.5 Å². The van der Waals surface area contributed by atoms with E-state index in [1.54, 1.807) is 31.3 Å². The minimum Gasteiger partial charge on any atom is -0.494 e. The summed E-state index contributed by atoms with van der Waals surface area (Å²) >= 11 is 1.21. The van der Waals surface area contributed by atoms with Gasteiger partial charge in [-0.25, -0.2) is 9.79 Å². The molecule has 1 saturated carbocycles. The Morgan fingerprint density at radius 2 is 1.97 bits per heavy atom. The number of anilines is 1. The smallest absolute Gasteiger partial charge is 0.445 e. The van der Waals surface area contributed by atoms with Crippen LogP contribution in [-0.2, 0) is 9.59 Å². The topological polar surface area (TPSA) is 103 Å². The molecule has 1 N–H and O–H groups in total. The third-order valence-electron chi connectivity index (χ3n) is 5.20. The molecule has 1 aliphatic carbocycles. The van der Waals surface area contributed by atoms with Gasteiger partial charge in [0.15, 0.2) is 5.92 Å². The number of carbonyl (C=O) groups excluding carboxylic acids is 3. The summed E-state index contributed by atoms with van der Waals surface area (Å²) in [6.45, 7) is 2.48. The second kappa shape index (κ2) is 8.62. The van der Waals surface area contributed by atoms with Crippen molar-refractivity contribution in [1.82, 2.24) is 4.90 Å². The fraction of sp³-hybridized carbons (Fsp3) is 0.429. The van der Waals surface area contributed by atoms with Gasteiger partial charge in [0.2, 0.25) is 11.7 Å². The van der Waals surface area contributed by atoms with Crippen LogP contribution in [0.1, 0.15) is 19.8 Å². The van der Waals surface area contributed by atoms with E-state index in [0.29, 0.717) is 29.0 Å². The van der Waals surface area contributed by atoms with Crippen molar-refractivity contribution in [3.05, 3.63) is 24.3 Å². The first kappa shape index (κ1) is 21.2. The zero-order valence-corrected chi connectivity index (χ0v) is 18.4. The molecule has 31 heavy (non-hydrogen) atoms. The number of rotatable bonds is 6. The summed E-state index contributed by atoms with van der Waals surface area (Å²) in [5, 5.41) is 3.34. The van der Waals surface area contributed by atoms with Crippen molar-refractivity contribution in [2.45, 2.75) is 19.8 Å². The van der Waals surface area contributed by atoms with E-state index in [1.807, 2.05) is 6.92 Å². The summed E-state index contributed by atoms with van der Waals surface area (Å²) in [4.78, 5) is 47.9. The van der Waals surface area contributed by atoms with Gasteiger partial charge in [-0.2, -0.15) is 9.48 Å². The van der Waals surface area contributed by atoms with Gasteiger partial charge >= 0.3 is 11.9 Å². The summed E-state index contributed by atoms with van der Waals surface area (Å²) in [6.07, 6.45) is 1.98. The van der Waals surface area contributed by atoms with Gasteiger partial charge in [-0.3, -0.25) is 9.59 Å². The largest absolute Gasteiger partial charge is 0.494 e. The molecule has 2 aliphatic heterocycles. The van der Waals surface area contributed by atoms with Crippen LogP contribution in [-0.4, -0.2) is 70.5 Å². The molecule has 0 radical (unpaired) electrons. The Bertz CT molecular complexity index is 1030. The lowest BCUT2D eigenvalue weighted by atomic mass is 10.0. The number of nitrogens with zero attached hydrogens (tertiary/aromatic N) is 4. The lowest BCUT2D eigenvalue weighted by molar-refractivity contribution is -0.407. The minimum absolute atomic E-state index is 0.0857. The zero-order valence-electron chi connectivity index (χ0n) is 17.6. The summed E-state index contributed by atoms with van der Waals surface area (Å²) in [5.41, 5.74) is 0.658. The van der Waals surface area contributed by atoms with Crippen molar-refractivity contribution in [2.75, 3.05) is 31.8 Å². The number of hydrogen-bond donors (Lipinski definition) is 1. The van der Waals surface area contributed by atoms with Crippen molar-refractivity contribution in [3.8, 4) is 5.75 Å². The monoisotopic (exact) mass is 442 g/mol. The number of urea groups is 1. The van der Waals surface area contributed by atoms with Crippen molar-refractivity contribution >= 4 is 52.0 Å². The van der Waals surface area contributed by atoms with Gasteiger partial charge in [0.25, 0.3) is 5.84 Å². The van der Waals surface area contributed by atoms with Gasteiger partial charge in [-0.15, -0.1) is 0 Å². The van der Waals surface area contributed by atoms with E-state index in [4.69, 9.17) is 4.74 Å².